The molecule has 0 aliphatic carbocycles. The first kappa shape index (κ1) is 15.8. The van der Waals surface area contributed by atoms with Crippen molar-refractivity contribution in [2.45, 2.75) is 6.54 Å². The van der Waals surface area contributed by atoms with Crippen molar-refractivity contribution in [3.8, 4) is 11.3 Å². The van der Waals surface area contributed by atoms with E-state index < -0.39 is 23.1 Å². The number of aromatic nitrogens is 3. The SMILES string of the molecule is Cn1nccc1-c1cncc(CNC(=O)c2c(F)cccc2F)c1. The van der Waals surface area contributed by atoms with Crippen molar-refractivity contribution < 1.29 is 13.6 Å². The molecule has 0 saturated heterocycles. The van der Waals surface area contributed by atoms with Crippen molar-refractivity contribution in [1.82, 2.24) is 20.1 Å². The maximum atomic E-state index is 13.6. The summed E-state index contributed by atoms with van der Waals surface area (Å²) < 4.78 is 28.9. The highest BCUT2D eigenvalue weighted by atomic mass is 19.1. The lowest BCUT2D eigenvalue weighted by molar-refractivity contribution is 0.0942. The van der Waals surface area contributed by atoms with E-state index in [9.17, 15) is 13.6 Å². The quantitative estimate of drug-likeness (QED) is 0.801. The Labute approximate surface area is 137 Å². The number of carbonyl (C=O) groups excluding carboxylic acids is 1. The highest BCUT2D eigenvalue weighted by Crippen LogP contribution is 2.18. The van der Waals surface area contributed by atoms with Gasteiger partial charge in [0.1, 0.15) is 17.2 Å². The summed E-state index contributed by atoms with van der Waals surface area (Å²) in [5, 5.41) is 6.59. The van der Waals surface area contributed by atoms with Gasteiger partial charge in [0.2, 0.25) is 0 Å². The summed E-state index contributed by atoms with van der Waals surface area (Å²) in [5.41, 5.74) is 1.82. The van der Waals surface area contributed by atoms with Gasteiger partial charge in [0, 0.05) is 37.7 Å². The van der Waals surface area contributed by atoms with Crippen molar-refractivity contribution in [2.75, 3.05) is 0 Å². The maximum Gasteiger partial charge on any atom is 0.257 e. The molecular formula is C17H14F2N4O. The molecule has 0 saturated carbocycles. The lowest BCUT2D eigenvalue weighted by Crippen LogP contribution is -2.25. The van der Waals surface area contributed by atoms with E-state index in [1.165, 1.54) is 6.07 Å². The van der Waals surface area contributed by atoms with Gasteiger partial charge >= 0.3 is 0 Å². The van der Waals surface area contributed by atoms with Crippen molar-refractivity contribution in [1.29, 1.82) is 0 Å². The first-order valence-corrected chi connectivity index (χ1v) is 7.21. The number of benzene rings is 1. The fourth-order valence-corrected chi connectivity index (χ4v) is 2.37. The van der Waals surface area contributed by atoms with E-state index in [-0.39, 0.29) is 6.54 Å². The van der Waals surface area contributed by atoms with Crippen LogP contribution in [-0.2, 0) is 13.6 Å². The number of nitrogens with one attached hydrogen (secondary N) is 1. The van der Waals surface area contributed by atoms with Gasteiger partial charge in [-0.15, -0.1) is 0 Å². The van der Waals surface area contributed by atoms with E-state index >= 15 is 0 Å². The number of aryl methyl sites for hydroxylation is 1. The first-order chi connectivity index (χ1) is 11.6. The molecule has 5 nitrogen and oxygen atoms in total. The lowest BCUT2D eigenvalue weighted by atomic mass is 10.1. The van der Waals surface area contributed by atoms with Crippen LogP contribution in [0.15, 0.2) is 48.9 Å². The van der Waals surface area contributed by atoms with Gasteiger partial charge in [-0.1, -0.05) is 6.07 Å². The molecule has 2 aromatic heterocycles. The predicted octanol–water partition coefficient (Wildman–Crippen LogP) is 2.69. The Morgan fingerprint density at radius 3 is 2.62 bits per heavy atom. The maximum absolute atomic E-state index is 13.6. The number of rotatable bonds is 4. The second-order valence-corrected chi connectivity index (χ2v) is 5.20. The molecular weight excluding hydrogens is 314 g/mol. The number of hydrogen-bond donors (Lipinski definition) is 1. The van der Waals surface area contributed by atoms with E-state index in [0.717, 1.165) is 23.4 Å². The van der Waals surface area contributed by atoms with E-state index in [4.69, 9.17) is 0 Å². The third kappa shape index (κ3) is 3.15. The van der Waals surface area contributed by atoms with E-state index in [1.807, 2.05) is 19.2 Å². The van der Waals surface area contributed by atoms with Gasteiger partial charge in [0.05, 0.1) is 5.69 Å². The largest absolute Gasteiger partial charge is 0.348 e. The number of halogens is 2. The number of carbonyl (C=O) groups is 1. The Kier molecular flexibility index (Phi) is 4.33. The minimum Gasteiger partial charge on any atom is -0.348 e. The van der Waals surface area contributed by atoms with Crippen LogP contribution in [0.3, 0.4) is 0 Å². The first-order valence-electron chi connectivity index (χ1n) is 7.21. The Morgan fingerprint density at radius 1 is 1.21 bits per heavy atom. The van der Waals surface area contributed by atoms with Crippen LogP contribution in [-0.4, -0.2) is 20.7 Å². The normalized spacial score (nSPS) is 10.6. The Balaban J connectivity index is 1.76. The van der Waals surface area contributed by atoms with Crippen LogP contribution in [0.1, 0.15) is 15.9 Å². The van der Waals surface area contributed by atoms with Crippen molar-refractivity contribution in [2.24, 2.45) is 7.05 Å². The summed E-state index contributed by atoms with van der Waals surface area (Å²) in [5.74, 6) is -2.60. The van der Waals surface area contributed by atoms with Gasteiger partial charge in [-0.25, -0.2) is 8.78 Å². The molecule has 2 heterocycles. The molecule has 3 rings (SSSR count). The third-order valence-corrected chi connectivity index (χ3v) is 3.55. The standard InChI is InChI=1S/C17H14F2N4O/c1-23-15(5-6-22-23)12-7-11(8-20-10-12)9-21-17(24)16-13(18)3-2-4-14(16)19/h2-8,10H,9H2,1H3,(H,21,24). The molecule has 0 fully saturated rings. The summed E-state index contributed by atoms with van der Waals surface area (Å²) in [4.78, 5) is 16.1. The summed E-state index contributed by atoms with van der Waals surface area (Å²) >= 11 is 0. The zero-order valence-electron chi connectivity index (χ0n) is 12.8. The molecule has 7 heteroatoms. The van der Waals surface area contributed by atoms with Gasteiger partial charge in [-0.2, -0.15) is 5.10 Å². The summed E-state index contributed by atoms with van der Waals surface area (Å²) in [7, 11) is 1.81. The molecule has 0 bridgehead atoms. The highest BCUT2D eigenvalue weighted by molar-refractivity contribution is 5.94. The number of pyridine rings is 1. The molecule has 0 atom stereocenters. The number of nitrogens with zero attached hydrogens (tertiary/aromatic N) is 3. The summed E-state index contributed by atoms with van der Waals surface area (Å²) in [6, 6.07) is 6.98. The fourth-order valence-electron chi connectivity index (χ4n) is 2.37. The molecule has 0 aliphatic rings. The molecule has 1 amide bonds. The monoisotopic (exact) mass is 328 g/mol. The summed E-state index contributed by atoms with van der Waals surface area (Å²) in [6.07, 6.45) is 4.93. The highest BCUT2D eigenvalue weighted by Gasteiger charge is 2.16. The van der Waals surface area contributed by atoms with Crippen LogP contribution in [0, 0.1) is 11.6 Å². The van der Waals surface area contributed by atoms with Crippen LogP contribution in [0.2, 0.25) is 0 Å². The average molecular weight is 328 g/mol. The van der Waals surface area contributed by atoms with Gasteiger partial charge in [0.15, 0.2) is 0 Å². The van der Waals surface area contributed by atoms with Crippen LogP contribution in [0.5, 0.6) is 0 Å². The van der Waals surface area contributed by atoms with Crippen LogP contribution < -0.4 is 5.32 Å². The van der Waals surface area contributed by atoms with Gasteiger partial charge in [-0.05, 0) is 29.8 Å². The molecule has 122 valence electrons. The van der Waals surface area contributed by atoms with Crippen LogP contribution in [0.4, 0.5) is 8.78 Å². The second kappa shape index (κ2) is 6.57. The van der Waals surface area contributed by atoms with E-state index in [2.05, 4.69) is 15.4 Å². The fraction of sp³-hybridized carbons (Fsp3) is 0.118. The Hall–Kier alpha value is -3.09. The minimum atomic E-state index is -0.894. The average Bonchev–Trinajstić information content (AvgIpc) is 2.99. The topological polar surface area (TPSA) is 59.8 Å². The smallest absolute Gasteiger partial charge is 0.257 e. The second-order valence-electron chi connectivity index (χ2n) is 5.20. The molecule has 0 aliphatic heterocycles. The van der Waals surface area contributed by atoms with Gasteiger partial charge in [0.25, 0.3) is 5.91 Å². The third-order valence-electron chi connectivity index (χ3n) is 3.55. The van der Waals surface area contributed by atoms with Crippen LogP contribution >= 0.6 is 0 Å². The number of hydrogen-bond acceptors (Lipinski definition) is 3. The molecule has 0 unspecified atom stereocenters. The molecule has 0 spiro atoms. The molecule has 3 aromatic rings. The van der Waals surface area contributed by atoms with Crippen LogP contribution in [0.25, 0.3) is 11.3 Å². The lowest BCUT2D eigenvalue weighted by Gasteiger charge is -2.08. The Bertz CT molecular complexity index is 872. The zero-order chi connectivity index (χ0) is 17.1. The Morgan fingerprint density at radius 2 is 1.96 bits per heavy atom. The van der Waals surface area contributed by atoms with E-state index in [0.29, 0.717) is 5.56 Å². The minimum absolute atomic E-state index is 0.102. The van der Waals surface area contributed by atoms with Crippen molar-refractivity contribution >= 4 is 5.91 Å². The van der Waals surface area contributed by atoms with Gasteiger partial charge in [-0.3, -0.25) is 14.5 Å². The van der Waals surface area contributed by atoms with Crippen molar-refractivity contribution in [3.05, 3.63) is 71.7 Å². The number of amides is 1. The predicted molar refractivity (Wildman–Crippen MR) is 84.0 cm³/mol. The van der Waals surface area contributed by atoms with Crippen molar-refractivity contribution in [3.63, 3.8) is 0 Å². The molecule has 1 aromatic carbocycles. The molecule has 0 radical (unpaired) electrons. The summed E-state index contributed by atoms with van der Waals surface area (Å²) in [6.45, 7) is 0.102. The molecule has 1 N–H and O–H groups in total. The zero-order valence-corrected chi connectivity index (χ0v) is 12.8. The van der Waals surface area contributed by atoms with E-state index in [1.54, 1.807) is 23.3 Å². The molecule has 24 heavy (non-hydrogen) atoms. The van der Waals surface area contributed by atoms with Gasteiger partial charge < -0.3 is 5.32 Å².